The summed E-state index contributed by atoms with van der Waals surface area (Å²) in [5, 5.41) is 4.53. The number of hydrogen-bond donors (Lipinski definition) is 2. The molecule has 94 valence electrons. The van der Waals surface area contributed by atoms with Crippen LogP contribution in [-0.4, -0.2) is 36.3 Å². The predicted octanol–water partition coefficient (Wildman–Crippen LogP) is 1.63. The topological polar surface area (TPSA) is 49.4 Å². The minimum atomic E-state index is -0.158. The van der Waals surface area contributed by atoms with Crippen molar-refractivity contribution in [2.75, 3.05) is 13.6 Å². The summed E-state index contributed by atoms with van der Waals surface area (Å²) in [5.41, 5.74) is 0. The number of nitrogens with zero attached hydrogens (tertiary/aromatic N) is 1. The molecule has 1 aromatic rings. The molecule has 0 radical (unpaired) electrons. The molecule has 0 bridgehead atoms. The Labute approximate surface area is 110 Å². The molecule has 17 heavy (non-hydrogen) atoms. The van der Waals surface area contributed by atoms with Gasteiger partial charge in [0.25, 0.3) is 5.91 Å². The summed E-state index contributed by atoms with van der Waals surface area (Å²) >= 11 is 5.47. The Kier molecular flexibility index (Phi) is 5.02. The van der Waals surface area contributed by atoms with Crippen LogP contribution in [0.1, 0.15) is 23.5 Å². The molecule has 0 saturated heterocycles. The van der Waals surface area contributed by atoms with Gasteiger partial charge in [0.2, 0.25) is 5.91 Å². The quantitative estimate of drug-likeness (QED) is 0.819. The van der Waals surface area contributed by atoms with Gasteiger partial charge in [0.1, 0.15) is 0 Å². The Morgan fingerprint density at radius 3 is 2.65 bits per heavy atom. The molecule has 0 unspecified atom stereocenters. The molecule has 4 nitrogen and oxygen atoms in total. The Hall–Kier alpha value is -1.01. The summed E-state index contributed by atoms with van der Waals surface area (Å²) in [5.74, 6) is -0.312. The van der Waals surface area contributed by atoms with Crippen molar-refractivity contribution in [3.63, 3.8) is 0 Å². The third-order valence-electron chi connectivity index (χ3n) is 1.97. The third kappa shape index (κ3) is 4.40. The largest absolute Gasteiger partial charge is 0.352 e. The van der Waals surface area contributed by atoms with Crippen molar-refractivity contribution in [1.29, 1.82) is 0 Å². The van der Waals surface area contributed by atoms with Crippen molar-refractivity contribution in [2.24, 2.45) is 0 Å². The van der Waals surface area contributed by atoms with E-state index in [2.05, 4.69) is 17.9 Å². The van der Waals surface area contributed by atoms with E-state index < -0.39 is 0 Å². The van der Waals surface area contributed by atoms with E-state index in [0.29, 0.717) is 4.88 Å². The Morgan fingerprint density at radius 2 is 2.18 bits per heavy atom. The van der Waals surface area contributed by atoms with Crippen LogP contribution in [0.3, 0.4) is 0 Å². The molecular weight excluding hydrogens is 256 g/mol. The van der Waals surface area contributed by atoms with Gasteiger partial charge in [0.05, 0.1) is 11.4 Å². The Morgan fingerprint density at radius 1 is 1.53 bits per heavy atom. The fourth-order valence-corrected chi connectivity index (χ4v) is 2.42. The average molecular weight is 272 g/mol. The summed E-state index contributed by atoms with van der Waals surface area (Å²) in [4.78, 5) is 26.1. The lowest BCUT2D eigenvalue weighted by Crippen LogP contribution is -2.40. The maximum atomic E-state index is 11.9. The van der Waals surface area contributed by atoms with Gasteiger partial charge in [-0.15, -0.1) is 24.0 Å². The lowest BCUT2D eigenvalue weighted by Gasteiger charge is -2.17. The van der Waals surface area contributed by atoms with Gasteiger partial charge in [0, 0.05) is 23.4 Å². The number of carbonyl (C=O) groups is 2. The van der Waals surface area contributed by atoms with Crippen LogP contribution in [0.5, 0.6) is 0 Å². The van der Waals surface area contributed by atoms with Gasteiger partial charge < -0.3 is 10.2 Å². The zero-order chi connectivity index (χ0) is 13.0. The summed E-state index contributed by atoms with van der Waals surface area (Å²) in [6, 6.07) is 1.78. The number of nitrogens with one attached hydrogen (secondary N) is 1. The van der Waals surface area contributed by atoms with Gasteiger partial charge in [-0.1, -0.05) is 0 Å². The van der Waals surface area contributed by atoms with Crippen LogP contribution in [0.2, 0.25) is 0 Å². The van der Waals surface area contributed by atoms with E-state index in [1.165, 1.54) is 16.2 Å². The van der Waals surface area contributed by atoms with Crippen molar-refractivity contribution in [3.8, 4) is 0 Å². The third-order valence-corrected chi connectivity index (χ3v) is 3.32. The SMILES string of the molecule is CC(C)NC(=O)CN(C)C(=O)c1cc(S)cs1. The summed E-state index contributed by atoms with van der Waals surface area (Å²) in [7, 11) is 1.61. The number of amides is 2. The number of rotatable bonds is 4. The molecule has 0 atom stereocenters. The monoisotopic (exact) mass is 272 g/mol. The first-order valence-electron chi connectivity index (χ1n) is 5.22. The molecule has 1 aromatic heterocycles. The van der Waals surface area contributed by atoms with E-state index in [4.69, 9.17) is 0 Å². The second kappa shape index (κ2) is 6.07. The van der Waals surface area contributed by atoms with Crippen LogP contribution < -0.4 is 5.32 Å². The van der Waals surface area contributed by atoms with Crippen molar-refractivity contribution >= 4 is 35.8 Å². The molecule has 0 aliphatic rings. The minimum absolute atomic E-state index is 0.0663. The molecule has 0 fully saturated rings. The fourth-order valence-electron chi connectivity index (χ4n) is 1.28. The number of likely N-dealkylation sites (N-methyl/N-ethyl adjacent to an activating group) is 1. The fraction of sp³-hybridized carbons (Fsp3) is 0.455. The lowest BCUT2D eigenvalue weighted by molar-refractivity contribution is -0.122. The van der Waals surface area contributed by atoms with E-state index in [1.54, 1.807) is 18.5 Å². The van der Waals surface area contributed by atoms with Crippen LogP contribution in [-0.2, 0) is 4.79 Å². The number of hydrogen-bond acceptors (Lipinski definition) is 4. The van der Waals surface area contributed by atoms with E-state index in [1.807, 2.05) is 13.8 Å². The van der Waals surface area contributed by atoms with Crippen LogP contribution >= 0.6 is 24.0 Å². The van der Waals surface area contributed by atoms with Crippen LogP contribution in [0.4, 0.5) is 0 Å². The molecule has 1 N–H and O–H groups in total. The maximum Gasteiger partial charge on any atom is 0.264 e. The second-order valence-electron chi connectivity index (χ2n) is 4.05. The zero-order valence-corrected chi connectivity index (χ0v) is 11.8. The summed E-state index contributed by atoms with van der Waals surface area (Å²) in [6.07, 6.45) is 0. The first-order valence-corrected chi connectivity index (χ1v) is 6.55. The van der Waals surface area contributed by atoms with E-state index in [9.17, 15) is 9.59 Å². The number of thiophene rings is 1. The molecule has 0 aliphatic heterocycles. The molecule has 0 aliphatic carbocycles. The molecule has 1 heterocycles. The Bertz CT molecular complexity index is 415. The minimum Gasteiger partial charge on any atom is -0.352 e. The maximum absolute atomic E-state index is 11.9. The van der Waals surface area contributed by atoms with Gasteiger partial charge in [-0.05, 0) is 19.9 Å². The summed E-state index contributed by atoms with van der Waals surface area (Å²) < 4.78 is 0. The lowest BCUT2D eigenvalue weighted by atomic mass is 10.3. The molecule has 0 aromatic carbocycles. The highest BCUT2D eigenvalue weighted by Gasteiger charge is 2.16. The highest BCUT2D eigenvalue weighted by molar-refractivity contribution is 7.80. The molecule has 2 amide bonds. The van der Waals surface area contributed by atoms with Crippen LogP contribution in [0.15, 0.2) is 16.3 Å². The molecule has 0 saturated carbocycles. The van der Waals surface area contributed by atoms with Crippen LogP contribution in [0, 0.1) is 0 Å². The highest BCUT2D eigenvalue weighted by atomic mass is 32.1. The molecular formula is C11H16N2O2S2. The van der Waals surface area contributed by atoms with Gasteiger partial charge in [-0.2, -0.15) is 0 Å². The smallest absolute Gasteiger partial charge is 0.264 e. The van der Waals surface area contributed by atoms with Gasteiger partial charge in [0.15, 0.2) is 0 Å². The average Bonchev–Trinajstić information content (AvgIpc) is 2.62. The second-order valence-corrected chi connectivity index (χ2v) is 5.48. The number of thiol groups is 1. The normalized spacial score (nSPS) is 10.4. The first-order chi connectivity index (χ1) is 7.90. The number of carbonyl (C=O) groups excluding carboxylic acids is 2. The Balaban J connectivity index is 2.56. The molecule has 1 rings (SSSR count). The van der Waals surface area contributed by atoms with Crippen LogP contribution in [0.25, 0.3) is 0 Å². The van der Waals surface area contributed by atoms with Gasteiger partial charge >= 0.3 is 0 Å². The van der Waals surface area contributed by atoms with Crippen molar-refractivity contribution in [1.82, 2.24) is 10.2 Å². The highest BCUT2D eigenvalue weighted by Crippen LogP contribution is 2.18. The van der Waals surface area contributed by atoms with Crippen molar-refractivity contribution < 1.29 is 9.59 Å². The van der Waals surface area contributed by atoms with E-state index in [0.717, 1.165) is 4.90 Å². The molecule has 6 heteroatoms. The molecule has 0 spiro atoms. The van der Waals surface area contributed by atoms with E-state index >= 15 is 0 Å². The van der Waals surface area contributed by atoms with Crippen molar-refractivity contribution in [2.45, 2.75) is 24.8 Å². The predicted molar refractivity (Wildman–Crippen MR) is 71.8 cm³/mol. The first kappa shape index (κ1) is 14.1. The summed E-state index contributed by atoms with van der Waals surface area (Å²) in [6.45, 7) is 3.83. The van der Waals surface area contributed by atoms with E-state index in [-0.39, 0.29) is 24.4 Å². The van der Waals surface area contributed by atoms with Gasteiger partial charge in [-0.25, -0.2) is 0 Å². The zero-order valence-electron chi connectivity index (χ0n) is 10.1. The van der Waals surface area contributed by atoms with Crippen molar-refractivity contribution in [3.05, 3.63) is 16.3 Å². The van der Waals surface area contributed by atoms with Gasteiger partial charge in [-0.3, -0.25) is 9.59 Å². The standard InChI is InChI=1S/C11H16N2O2S2/c1-7(2)12-10(14)5-13(3)11(15)9-4-8(16)6-17-9/h4,6-7,16H,5H2,1-3H3,(H,12,14).